The summed E-state index contributed by atoms with van der Waals surface area (Å²) in [7, 11) is 1.25. The minimum atomic E-state index is -5.07. The molecular weight excluding hydrogens is 756 g/mol. The molecule has 5 aliphatic rings. The van der Waals surface area contributed by atoms with Crippen molar-refractivity contribution in [2.45, 2.75) is 56.5 Å². The molecule has 1 N–H and O–H groups in total. The molecule has 4 saturated heterocycles. The second kappa shape index (κ2) is 13.5. The lowest BCUT2D eigenvalue weighted by Crippen LogP contribution is -2.72. The molecule has 0 spiro atoms. The van der Waals surface area contributed by atoms with Crippen molar-refractivity contribution >= 4 is 33.4 Å². The maximum atomic E-state index is 17.1. The summed E-state index contributed by atoms with van der Waals surface area (Å²) in [5.74, 6) is -3.37. The van der Waals surface area contributed by atoms with Crippen molar-refractivity contribution in [2.75, 3.05) is 51.3 Å². The van der Waals surface area contributed by atoms with Gasteiger partial charge in [0.05, 0.1) is 37.3 Å². The molecule has 4 aliphatic heterocycles. The number of aromatic hydroxyl groups is 1. The lowest BCUT2D eigenvalue weighted by molar-refractivity contribution is -0.199. The molecule has 296 valence electrons. The standard InChI is InChI=1S/C38H34F8N6O4/c1-3-24-26(39)5-4-19-12-23(53)14-25(27(19)24)30-29(40)31-28(33(47-30)55-2)32(51-15-21-13-22(16-51)52(21)34(54)38(44,45)46)49-35(48-31)56-18-36(8-9-36)17-50-10-6-20(7-11-50)37(41,42)43/h1,4-5,12,14,20-22,53H,6-11,13,15-18H2,2H3. The van der Waals surface area contributed by atoms with Gasteiger partial charge in [-0.3, -0.25) is 4.79 Å². The number of amides is 1. The summed E-state index contributed by atoms with van der Waals surface area (Å²) >= 11 is 0. The van der Waals surface area contributed by atoms with Crippen molar-refractivity contribution < 1.29 is 54.5 Å². The predicted molar refractivity (Wildman–Crippen MR) is 186 cm³/mol. The first-order chi connectivity index (χ1) is 26.5. The molecule has 56 heavy (non-hydrogen) atoms. The van der Waals surface area contributed by atoms with Crippen molar-refractivity contribution in [1.29, 1.82) is 0 Å². The average molecular weight is 791 g/mol. The zero-order valence-corrected chi connectivity index (χ0v) is 29.8. The van der Waals surface area contributed by atoms with Crippen molar-refractivity contribution in [3.63, 3.8) is 0 Å². The molecule has 2 bridgehead atoms. The van der Waals surface area contributed by atoms with E-state index in [4.69, 9.17) is 15.9 Å². The largest absolute Gasteiger partial charge is 0.508 e. The number of fused-ring (bicyclic) bond motifs is 4. The Bertz CT molecular complexity index is 2270. The van der Waals surface area contributed by atoms with E-state index < -0.39 is 59.0 Å². The molecule has 1 aliphatic carbocycles. The van der Waals surface area contributed by atoms with Gasteiger partial charge in [0.2, 0.25) is 5.88 Å². The number of methoxy groups -OCH3 is 1. The highest BCUT2D eigenvalue weighted by Gasteiger charge is 2.55. The van der Waals surface area contributed by atoms with Crippen LogP contribution in [0.2, 0.25) is 0 Å². The third-order valence-electron chi connectivity index (χ3n) is 11.4. The molecule has 0 radical (unpaired) electrons. The van der Waals surface area contributed by atoms with E-state index >= 15 is 4.39 Å². The molecule has 2 atom stereocenters. The summed E-state index contributed by atoms with van der Waals surface area (Å²) in [4.78, 5) is 30.0. The van der Waals surface area contributed by atoms with Crippen molar-refractivity contribution in [3.05, 3.63) is 41.5 Å². The van der Waals surface area contributed by atoms with Crippen LogP contribution in [0.4, 0.5) is 40.9 Å². The fraction of sp³-hybridized carbons (Fsp3) is 0.474. The van der Waals surface area contributed by atoms with Crippen LogP contribution < -0.4 is 14.4 Å². The average Bonchev–Trinajstić information content (AvgIpc) is 3.92. The quantitative estimate of drug-likeness (QED) is 0.156. The Hall–Kier alpha value is -5.18. The second-order valence-electron chi connectivity index (χ2n) is 15.0. The van der Waals surface area contributed by atoms with Crippen molar-refractivity contribution in [1.82, 2.24) is 24.8 Å². The minimum absolute atomic E-state index is 0.0111. The number of likely N-dealkylation sites (tertiary alicyclic amines) is 1. The van der Waals surface area contributed by atoms with Crippen LogP contribution in [0.15, 0.2) is 24.3 Å². The molecular formula is C38H34F8N6O4. The van der Waals surface area contributed by atoms with Crippen LogP contribution in [-0.4, -0.2) is 107 Å². The number of hydrogen-bond acceptors (Lipinski definition) is 9. The van der Waals surface area contributed by atoms with E-state index in [1.165, 1.54) is 19.2 Å². The molecule has 5 fully saturated rings. The van der Waals surface area contributed by atoms with Gasteiger partial charge in [0.25, 0.3) is 0 Å². The van der Waals surface area contributed by atoms with Gasteiger partial charge in [0.15, 0.2) is 5.82 Å². The summed E-state index contributed by atoms with van der Waals surface area (Å²) < 4.78 is 124. The van der Waals surface area contributed by atoms with Gasteiger partial charge in [0, 0.05) is 36.0 Å². The monoisotopic (exact) mass is 790 g/mol. The van der Waals surface area contributed by atoms with Crippen LogP contribution in [0.3, 0.4) is 0 Å². The number of carbonyl (C=O) groups is 1. The summed E-state index contributed by atoms with van der Waals surface area (Å²) in [5, 5.41) is 10.9. The van der Waals surface area contributed by atoms with Crippen LogP contribution in [-0.2, 0) is 4.79 Å². The number of phenolic OH excluding ortho intramolecular Hbond substituents is 1. The number of rotatable bonds is 8. The Labute approximate surface area is 314 Å². The Balaban J connectivity index is 1.19. The SMILES string of the molecule is C#Cc1c(F)ccc2cc(O)cc(-c3nc(OC)c4c(N5CC6CC(C5)N6C(=O)C(F)(F)F)nc(OCC5(CN6CCC(C(F)(F)F)CC6)CC5)nc4c3F)c12. The van der Waals surface area contributed by atoms with E-state index in [1.54, 1.807) is 4.90 Å². The number of piperidine rings is 2. The fourth-order valence-corrected chi connectivity index (χ4v) is 8.37. The van der Waals surface area contributed by atoms with Gasteiger partial charge in [-0.05, 0) is 68.8 Å². The lowest BCUT2D eigenvalue weighted by atomic mass is 9.87. The van der Waals surface area contributed by atoms with Gasteiger partial charge in [-0.1, -0.05) is 12.0 Å². The first-order valence-electron chi connectivity index (χ1n) is 17.9. The molecule has 2 unspecified atom stereocenters. The molecule has 9 rings (SSSR count). The Kier molecular flexibility index (Phi) is 9.09. The highest BCUT2D eigenvalue weighted by atomic mass is 19.4. The van der Waals surface area contributed by atoms with Gasteiger partial charge in [-0.15, -0.1) is 6.42 Å². The number of alkyl halides is 6. The number of nitrogens with zero attached hydrogens (tertiary/aromatic N) is 6. The number of pyridine rings is 1. The topological polar surface area (TPSA) is 104 Å². The van der Waals surface area contributed by atoms with Gasteiger partial charge >= 0.3 is 24.3 Å². The molecule has 1 saturated carbocycles. The molecule has 18 heteroatoms. The number of anilines is 1. The van der Waals surface area contributed by atoms with E-state index in [9.17, 15) is 40.6 Å². The Morgan fingerprint density at radius 2 is 1.71 bits per heavy atom. The number of aromatic nitrogens is 3. The van der Waals surface area contributed by atoms with Gasteiger partial charge in [0.1, 0.15) is 34.0 Å². The third-order valence-corrected chi connectivity index (χ3v) is 11.4. The van der Waals surface area contributed by atoms with Crippen LogP contribution >= 0.6 is 0 Å². The summed E-state index contributed by atoms with van der Waals surface area (Å²) in [5.41, 5.74) is -1.52. The fourth-order valence-electron chi connectivity index (χ4n) is 8.37. The van der Waals surface area contributed by atoms with E-state index in [2.05, 4.69) is 20.9 Å². The molecule has 2 aromatic carbocycles. The number of halogens is 8. The maximum Gasteiger partial charge on any atom is 0.471 e. The summed E-state index contributed by atoms with van der Waals surface area (Å²) in [6.07, 6.45) is -1.96. The highest BCUT2D eigenvalue weighted by molar-refractivity contribution is 6.04. The normalized spacial score (nSPS) is 21.2. The zero-order valence-electron chi connectivity index (χ0n) is 29.8. The molecule has 6 heterocycles. The molecule has 2 aromatic heterocycles. The van der Waals surface area contributed by atoms with Gasteiger partial charge in [-0.2, -0.15) is 36.3 Å². The van der Waals surface area contributed by atoms with Crippen LogP contribution in [0.25, 0.3) is 32.9 Å². The van der Waals surface area contributed by atoms with Crippen LogP contribution in [0.5, 0.6) is 17.6 Å². The van der Waals surface area contributed by atoms with Crippen molar-refractivity contribution in [3.8, 4) is 41.2 Å². The predicted octanol–water partition coefficient (Wildman–Crippen LogP) is 6.60. The summed E-state index contributed by atoms with van der Waals surface area (Å²) in [6, 6.07) is 3.00. The maximum absolute atomic E-state index is 17.1. The third kappa shape index (κ3) is 6.62. The first-order valence-corrected chi connectivity index (χ1v) is 17.9. The second-order valence-corrected chi connectivity index (χ2v) is 15.0. The number of phenols is 1. The number of piperazine rings is 1. The van der Waals surface area contributed by atoms with Crippen LogP contribution in [0.1, 0.15) is 37.7 Å². The van der Waals surface area contributed by atoms with Gasteiger partial charge < -0.3 is 29.3 Å². The lowest BCUT2D eigenvalue weighted by Gasteiger charge is -2.56. The van der Waals surface area contributed by atoms with Crippen molar-refractivity contribution in [2.24, 2.45) is 11.3 Å². The number of ether oxygens (including phenoxy) is 2. The van der Waals surface area contributed by atoms with Crippen LogP contribution in [0, 0.1) is 35.3 Å². The van der Waals surface area contributed by atoms with E-state index in [-0.39, 0.29) is 102 Å². The molecule has 4 aromatic rings. The molecule has 10 nitrogen and oxygen atoms in total. The van der Waals surface area contributed by atoms with E-state index in [0.29, 0.717) is 25.8 Å². The minimum Gasteiger partial charge on any atom is -0.508 e. The zero-order chi connectivity index (χ0) is 39.9. The smallest absolute Gasteiger partial charge is 0.471 e. The summed E-state index contributed by atoms with van der Waals surface area (Å²) in [6.45, 7) is 0.833. The van der Waals surface area contributed by atoms with Gasteiger partial charge in [-0.25, -0.2) is 13.8 Å². The number of benzene rings is 2. The van der Waals surface area contributed by atoms with E-state index in [0.717, 1.165) is 17.0 Å². The Morgan fingerprint density at radius 1 is 1.02 bits per heavy atom. The number of carbonyl (C=O) groups excluding carboxylic acids is 1. The molecule has 1 amide bonds. The number of terminal acetylenes is 1. The van der Waals surface area contributed by atoms with E-state index in [1.807, 2.05) is 4.90 Å². The highest BCUT2D eigenvalue weighted by Crippen LogP contribution is 2.48. The Morgan fingerprint density at radius 3 is 2.32 bits per heavy atom. The first kappa shape index (κ1) is 37.7. The number of hydrogen-bond donors (Lipinski definition) is 1.